The lowest BCUT2D eigenvalue weighted by Gasteiger charge is -2.36. The van der Waals surface area contributed by atoms with E-state index in [9.17, 15) is 30.0 Å². The first kappa shape index (κ1) is 50.2. The molecule has 0 saturated carbocycles. The Bertz CT molecular complexity index is 938. The number of aliphatic hydroxyl groups is 4. The Kier molecular flexibility index (Phi) is 33.1. The predicted molar refractivity (Wildman–Crippen MR) is 218 cm³/mol. The third kappa shape index (κ3) is 29.5. The van der Waals surface area contributed by atoms with Crippen LogP contribution in [0.3, 0.4) is 0 Å². The number of esters is 2. The monoisotopic (exact) mass is 767 g/mol. The van der Waals surface area contributed by atoms with Crippen LogP contribution in [0.4, 0.5) is 0 Å². The van der Waals surface area contributed by atoms with E-state index in [1.165, 1.54) is 103 Å². The molecule has 0 aliphatic carbocycles. The highest BCUT2D eigenvalue weighted by Crippen LogP contribution is 2.29. The third-order valence-corrected chi connectivity index (χ3v) is 10.5. The van der Waals surface area contributed by atoms with E-state index in [1.54, 1.807) is 12.2 Å². The summed E-state index contributed by atoms with van der Waals surface area (Å²) in [5, 5.41) is 40.8. The van der Waals surface area contributed by atoms with Crippen LogP contribution in [0.2, 0.25) is 0 Å². The summed E-state index contributed by atoms with van der Waals surface area (Å²) in [5.41, 5.74) is 0. The van der Waals surface area contributed by atoms with Crippen LogP contribution in [0.15, 0.2) is 24.3 Å². The molecule has 0 spiro atoms. The third-order valence-electron chi connectivity index (χ3n) is 10.5. The number of unbranched alkanes of at least 4 members (excludes halogenated alkanes) is 21. The van der Waals surface area contributed by atoms with Crippen molar-refractivity contribution in [3.63, 3.8) is 0 Å². The first-order chi connectivity index (χ1) is 26.3. The van der Waals surface area contributed by atoms with Crippen molar-refractivity contribution in [2.75, 3.05) is 13.2 Å². The molecular formula is C45H82O9. The number of rotatable bonds is 36. The molecule has 1 unspecified atom stereocenters. The normalized spacial score (nSPS) is 20.1. The topological polar surface area (TPSA) is 143 Å². The maximum atomic E-state index is 12.1. The molecule has 0 aromatic carbocycles. The van der Waals surface area contributed by atoms with Crippen LogP contribution in [0.1, 0.15) is 200 Å². The van der Waals surface area contributed by atoms with Gasteiger partial charge in [0, 0.05) is 25.2 Å². The molecule has 9 heteroatoms. The van der Waals surface area contributed by atoms with Gasteiger partial charge in [-0.15, -0.1) is 0 Å². The molecule has 1 aliphatic rings. The van der Waals surface area contributed by atoms with Crippen molar-refractivity contribution >= 4 is 11.9 Å². The smallest absolute Gasteiger partial charge is 0.305 e. The van der Waals surface area contributed by atoms with Gasteiger partial charge in [0.25, 0.3) is 0 Å². The van der Waals surface area contributed by atoms with Crippen LogP contribution >= 0.6 is 0 Å². The highest BCUT2D eigenvalue weighted by molar-refractivity contribution is 5.69. The molecule has 9 nitrogen and oxygen atoms in total. The Labute approximate surface area is 329 Å². The summed E-state index contributed by atoms with van der Waals surface area (Å²) in [6, 6.07) is 0. The number of ether oxygens (including phenoxy) is 3. The second kappa shape index (κ2) is 35.6. The summed E-state index contributed by atoms with van der Waals surface area (Å²) in [6.45, 7) is 3.99. The Balaban J connectivity index is 2.01. The lowest BCUT2D eigenvalue weighted by molar-refractivity contribution is -0.199. The number of aliphatic hydroxyl groups excluding tert-OH is 4. The molecule has 6 atom stereocenters. The van der Waals surface area contributed by atoms with E-state index in [-0.39, 0.29) is 37.9 Å². The zero-order chi connectivity index (χ0) is 39.5. The van der Waals surface area contributed by atoms with Crippen molar-refractivity contribution in [1.82, 2.24) is 0 Å². The molecule has 1 saturated heterocycles. The van der Waals surface area contributed by atoms with E-state index in [1.807, 2.05) is 12.2 Å². The molecule has 1 aliphatic heterocycles. The van der Waals surface area contributed by atoms with E-state index in [4.69, 9.17) is 14.2 Å². The summed E-state index contributed by atoms with van der Waals surface area (Å²) in [5.74, 6) is -1.00. The number of carbonyl (C=O) groups is 2. The summed E-state index contributed by atoms with van der Waals surface area (Å²) in [7, 11) is 0. The van der Waals surface area contributed by atoms with Gasteiger partial charge in [-0.05, 0) is 32.1 Å². The van der Waals surface area contributed by atoms with Crippen LogP contribution < -0.4 is 0 Å². The number of carbonyl (C=O) groups excluding carboxylic acids is 2. The number of hydrogen-bond acceptors (Lipinski definition) is 9. The molecule has 1 fully saturated rings. The molecule has 1 heterocycles. The first-order valence-electron chi connectivity index (χ1n) is 22.3. The molecule has 1 rings (SSSR count). The fraction of sp³-hybridized carbons (Fsp3) is 0.867. The van der Waals surface area contributed by atoms with Gasteiger partial charge in [-0.1, -0.05) is 173 Å². The maximum Gasteiger partial charge on any atom is 0.305 e. The highest BCUT2D eigenvalue weighted by Gasteiger charge is 2.35. The Hall–Kier alpha value is -1.78. The fourth-order valence-corrected chi connectivity index (χ4v) is 7.01. The van der Waals surface area contributed by atoms with Gasteiger partial charge in [-0.3, -0.25) is 9.59 Å². The average Bonchev–Trinajstić information content (AvgIpc) is 3.15. The largest absolute Gasteiger partial charge is 0.463 e. The summed E-state index contributed by atoms with van der Waals surface area (Å²) >= 11 is 0. The van der Waals surface area contributed by atoms with Crippen LogP contribution in [-0.4, -0.2) is 76.3 Å². The van der Waals surface area contributed by atoms with E-state index >= 15 is 0 Å². The van der Waals surface area contributed by atoms with Crippen molar-refractivity contribution in [2.24, 2.45) is 5.92 Å². The van der Waals surface area contributed by atoms with Gasteiger partial charge < -0.3 is 34.6 Å². The highest BCUT2D eigenvalue weighted by atomic mass is 16.6. The lowest BCUT2D eigenvalue weighted by Crippen LogP contribution is -2.43. The molecule has 4 N–H and O–H groups in total. The second-order valence-electron chi connectivity index (χ2n) is 15.7. The van der Waals surface area contributed by atoms with Crippen molar-refractivity contribution in [3.8, 4) is 0 Å². The quantitative estimate of drug-likeness (QED) is 0.0278. The second-order valence-corrected chi connectivity index (χ2v) is 15.7. The summed E-state index contributed by atoms with van der Waals surface area (Å²) in [4.78, 5) is 24.2. The van der Waals surface area contributed by atoms with E-state index in [2.05, 4.69) is 13.8 Å². The summed E-state index contributed by atoms with van der Waals surface area (Å²) in [6.07, 6.45) is 34.4. The lowest BCUT2D eigenvalue weighted by atomic mass is 9.87. The summed E-state index contributed by atoms with van der Waals surface area (Å²) < 4.78 is 16.0. The van der Waals surface area contributed by atoms with E-state index in [0.29, 0.717) is 32.1 Å². The maximum absolute atomic E-state index is 12.1. The van der Waals surface area contributed by atoms with Crippen LogP contribution in [0.25, 0.3) is 0 Å². The molecule has 0 aromatic heterocycles. The van der Waals surface area contributed by atoms with Crippen molar-refractivity contribution in [3.05, 3.63) is 24.3 Å². The van der Waals surface area contributed by atoms with Gasteiger partial charge in [0.1, 0.15) is 19.3 Å². The average molecular weight is 767 g/mol. The van der Waals surface area contributed by atoms with Gasteiger partial charge in [0.15, 0.2) is 6.29 Å². The molecule has 0 amide bonds. The van der Waals surface area contributed by atoms with Crippen LogP contribution in [0, 0.1) is 5.92 Å². The predicted octanol–water partition coefficient (Wildman–Crippen LogP) is 9.95. The molecule has 0 aromatic rings. The van der Waals surface area contributed by atoms with Crippen molar-refractivity contribution < 1.29 is 44.2 Å². The standard InChI is InChI=1S/C45H82O9/c1-3-5-7-8-9-10-11-12-13-14-15-16-17-18-19-20-21-22-27-31-43(49)52-36-39(47)37-53-44(50)32-28-24-23-26-30-40-41(48)35-45(51)54-42(40)34-33-38(46)29-25-6-4-2/h23,26,33-34,38-42,45-48,51H,3-22,24-25,27-32,35-37H2,1-2H3/b26-23-,34-33+/t38-,39-,40-,41-,42+,45?/m0/s1. The van der Waals surface area contributed by atoms with Crippen molar-refractivity contribution in [2.45, 2.75) is 231 Å². The van der Waals surface area contributed by atoms with Crippen LogP contribution in [-0.2, 0) is 23.8 Å². The molecular weight excluding hydrogens is 684 g/mol. The van der Waals surface area contributed by atoms with Gasteiger partial charge in [0.05, 0.1) is 18.3 Å². The minimum absolute atomic E-state index is 0.137. The van der Waals surface area contributed by atoms with E-state index in [0.717, 1.165) is 38.5 Å². The van der Waals surface area contributed by atoms with Gasteiger partial charge in [0.2, 0.25) is 0 Å². The van der Waals surface area contributed by atoms with Gasteiger partial charge in [-0.2, -0.15) is 0 Å². The zero-order valence-corrected chi connectivity index (χ0v) is 34.5. The van der Waals surface area contributed by atoms with E-state index < -0.39 is 36.7 Å². The van der Waals surface area contributed by atoms with Gasteiger partial charge >= 0.3 is 11.9 Å². The SMILES string of the molecule is CCCCCCCCCCCCCCCCCCCCCC(=O)OC[C@H](O)COC(=O)CCC/C=C\C[C@H]1[C@@H](O)CC(O)O[C@@H]1/C=C/[C@@H](O)CCCCC. The zero-order valence-electron chi connectivity index (χ0n) is 34.5. The molecule has 316 valence electrons. The van der Waals surface area contributed by atoms with Crippen LogP contribution in [0.5, 0.6) is 0 Å². The molecule has 0 radical (unpaired) electrons. The van der Waals surface area contributed by atoms with Gasteiger partial charge in [-0.25, -0.2) is 0 Å². The number of allylic oxidation sites excluding steroid dienone is 2. The first-order valence-corrected chi connectivity index (χ1v) is 22.3. The Morgan fingerprint density at radius 1 is 0.648 bits per heavy atom. The number of hydrogen-bond donors (Lipinski definition) is 4. The Morgan fingerprint density at radius 3 is 1.63 bits per heavy atom. The molecule has 0 bridgehead atoms. The fourth-order valence-electron chi connectivity index (χ4n) is 7.01. The van der Waals surface area contributed by atoms with Crippen molar-refractivity contribution in [1.29, 1.82) is 0 Å². The molecule has 54 heavy (non-hydrogen) atoms. The minimum atomic E-state index is -1.05. The Morgan fingerprint density at radius 2 is 1.11 bits per heavy atom. The minimum Gasteiger partial charge on any atom is -0.463 e.